The van der Waals surface area contributed by atoms with E-state index in [-0.39, 0.29) is 6.10 Å². The third-order valence-corrected chi connectivity index (χ3v) is 2.52. The molecule has 0 radical (unpaired) electrons. The molecule has 0 bridgehead atoms. The van der Waals surface area contributed by atoms with E-state index in [4.69, 9.17) is 5.11 Å². The molecule has 2 heteroatoms. The van der Waals surface area contributed by atoms with Crippen molar-refractivity contribution in [2.24, 2.45) is 0 Å². The summed E-state index contributed by atoms with van der Waals surface area (Å²) in [6.07, 6.45) is 0.977. The molecule has 0 aliphatic carbocycles. The Balaban J connectivity index is 2.26. The molecular weight excluding hydrogens is 108 g/mol. The number of thioether (sulfide) groups is 1. The quantitative estimate of drug-likeness (QED) is 0.509. The molecule has 1 aliphatic heterocycles. The standard InChI is InChI=1S/C5H10OS/c1-4-2-5(6)3-7-4/h4-6H,2-3H2,1H3/t4?,5-/m1/s1. The van der Waals surface area contributed by atoms with Crippen LogP contribution in [0.4, 0.5) is 0 Å². The molecule has 0 aromatic rings. The Kier molecular flexibility index (Phi) is 1.60. The van der Waals surface area contributed by atoms with Crippen molar-refractivity contribution < 1.29 is 5.11 Å². The molecule has 2 atom stereocenters. The van der Waals surface area contributed by atoms with Gasteiger partial charge >= 0.3 is 0 Å². The number of rotatable bonds is 0. The highest BCUT2D eigenvalue weighted by molar-refractivity contribution is 8.00. The zero-order valence-electron chi connectivity index (χ0n) is 4.42. The molecular formula is C5H10OS. The van der Waals surface area contributed by atoms with Gasteiger partial charge in [-0.1, -0.05) is 6.92 Å². The first kappa shape index (κ1) is 5.45. The van der Waals surface area contributed by atoms with E-state index in [1.807, 2.05) is 11.8 Å². The molecule has 0 aromatic heterocycles. The van der Waals surface area contributed by atoms with Gasteiger partial charge in [0, 0.05) is 11.0 Å². The highest BCUT2D eigenvalue weighted by Crippen LogP contribution is 2.25. The molecule has 1 N–H and O–H groups in total. The number of hydrogen-bond acceptors (Lipinski definition) is 2. The van der Waals surface area contributed by atoms with Gasteiger partial charge in [0.2, 0.25) is 0 Å². The summed E-state index contributed by atoms with van der Waals surface area (Å²) in [7, 11) is 0. The number of aliphatic hydroxyl groups excluding tert-OH is 1. The van der Waals surface area contributed by atoms with E-state index >= 15 is 0 Å². The van der Waals surface area contributed by atoms with E-state index in [9.17, 15) is 0 Å². The van der Waals surface area contributed by atoms with Gasteiger partial charge in [0.25, 0.3) is 0 Å². The van der Waals surface area contributed by atoms with Gasteiger partial charge in [-0.25, -0.2) is 0 Å². The molecule has 1 unspecified atom stereocenters. The fraction of sp³-hybridized carbons (Fsp3) is 1.00. The predicted octanol–water partition coefficient (Wildman–Crippen LogP) is 0.873. The molecule has 1 heterocycles. The first-order valence-electron chi connectivity index (χ1n) is 2.58. The Morgan fingerprint density at radius 1 is 1.71 bits per heavy atom. The van der Waals surface area contributed by atoms with Crippen LogP contribution in [0.25, 0.3) is 0 Å². The molecule has 1 rings (SSSR count). The van der Waals surface area contributed by atoms with Gasteiger partial charge in [-0.3, -0.25) is 0 Å². The van der Waals surface area contributed by atoms with Crippen LogP contribution in [0.2, 0.25) is 0 Å². The van der Waals surface area contributed by atoms with Crippen LogP contribution in [0.1, 0.15) is 13.3 Å². The van der Waals surface area contributed by atoms with E-state index in [0.29, 0.717) is 5.25 Å². The summed E-state index contributed by atoms with van der Waals surface area (Å²) in [6.45, 7) is 2.15. The maximum Gasteiger partial charge on any atom is 0.0641 e. The molecule has 7 heavy (non-hydrogen) atoms. The van der Waals surface area contributed by atoms with Crippen molar-refractivity contribution in [2.75, 3.05) is 5.75 Å². The minimum atomic E-state index is -0.0139. The van der Waals surface area contributed by atoms with Gasteiger partial charge in [0.15, 0.2) is 0 Å². The molecule has 42 valence electrons. The van der Waals surface area contributed by atoms with Gasteiger partial charge in [0.1, 0.15) is 0 Å². The maximum atomic E-state index is 8.88. The second-order valence-corrected chi connectivity index (χ2v) is 3.50. The van der Waals surface area contributed by atoms with Crippen LogP contribution in [0.5, 0.6) is 0 Å². The lowest BCUT2D eigenvalue weighted by molar-refractivity contribution is 0.197. The SMILES string of the molecule is CC1C[C@@H](O)CS1. The Morgan fingerprint density at radius 2 is 2.43 bits per heavy atom. The van der Waals surface area contributed by atoms with Crippen LogP contribution in [0.3, 0.4) is 0 Å². The minimum absolute atomic E-state index is 0.0139. The van der Waals surface area contributed by atoms with Gasteiger partial charge in [-0.15, -0.1) is 0 Å². The van der Waals surface area contributed by atoms with Crippen molar-refractivity contribution in [1.29, 1.82) is 0 Å². The lowest BCUT2D eigenvalue weighted by atomic mass is 10.2. The van der Waals surface area contributed by atoms with Crippen LogP contribution in [-0.2, 0) is 0 Å². The van der Waals surface area contributed by atoms with Gasteiger partial charge in [-0.2, -0.15) is 11.8 Å². The number of aliphatic hydroxyl groups is 1. The summed E-state index contributed by atoms with van der Waals surface area (Å²) >= 11 is 1.86. The molecule has 0 amide bonds. The van der Waals surface area contributed by atoms with Crippen molar-refractivity contribution in [3.8, 4) is 0 Å². The molecule has 1 saturated heterocycles. The van der Waals surface area contributed by atoms with E-state index in [2.05, 4.69) is 6.92 Å². The fourth-order valence-electron chi connectivity index (χ4n) is 0.795. The van der Waals surface area contributed by atoms with E-state index < -0.39 is 0 Å². The second kappa shape index (κ2) is 2.05. The van der Waals surface area contributed by atoms with Crippen LogP contribution in [-0.4, -0.2) is 22.2 Å². The average Bonchev–Trinajstić information content (AvgIpc) is 1.87. The summed E-state index contributed by atoms with van der Waals surface area (Å²) in [4.78, 5) is 0. The summed E-state index contributed by atoms with van der Waals surface area (Å²) in [5.41, 5.74) is 0. The molecule has 1 nitrogen and oxygen atoms in total. The zero-order valence-corrected chi connectivity index (χ0v) is 5.24. The first-order valence-corrected chi connectivity index (χ1v) is 3.63. The van der Waals surface area contributed by atoms with Crippen molar-refractivity contribution in [1.82, 2.24) is 0 Å². The molecule has 0 spiro atoms. The fourth-order valence-corrected chi connectivity index (χ4v) is 1.84. The van der Waals surface area contributed by atoms with Crippen molar-refractivity contribution in [3.63, 3.8) is 0 Å². The summed E-state index contributed by atoms with van der Waals surface area (Å²) in [5, 5.41) is 9.57. The van der Waals surface area contributed by atoms with E-state index in [1.54, 1.807) is 0 Å². The Labute approximate surface area is 48.1 Å². The zero-order chi connectivity index (χ0) is 5.28. The Morgan fingerprint density at radius 3 is 2.57 bits per heavy atom. The van der Waals surface area contributed by atoms with Crippen molar-refractivity contribution in [3.05, 3.63) is 0 Å². The molecule has 1 aliphatic rings. The van der Waals surface area contributed by atoms with Crippen LogP contribution >= 0.6 is 11.8 Å². The smallest absolute Gasteiger partial charge is 0.0641 e. The summed E-state index contributed by atoms with van der Waals surface area (Å²) in [6, 6.07) is 0. The van der Waals surface area contributed by atoms with Crippen molar-refractivity contribution in [2.45, 2.75) is 24.7 Å². The average molecular weight is 118 g/mol. The van der Waals surface area contributed by atoms with Crippen LogP contribution in [0, 0.1) is 0 Å². The maximum absolute atomic E-state index is 8.88. The third-order valence-electron chi connectivity index (χ3n) is 1.18. The second-order valence-electron chi connectivity index (χ2n) is 2.03. The monoisotopic (exact) mass is 118 g/mol. The Bertz CT molecular complexity index is 57.1. The van der Waals surface area contributed by atoms with Crippen LogP contribution < -0.4 is 0 Å². The van der Waals surface area contributed by atoms with E-state index in [0.717, 1.165) is 12.2 Å². The van der Waals surface area contributed by atoms with Gasteiger partial charge in [-0.05, 0) is 6.42 Å². The predicted molar refractivity (Wildman–Crippen MR) is 32.5 cm³/mol. The van der Waals surface area contributed by atoms with Gasteiger partial charge < -0.3 is 5.11 Å². The number of hydrogen-bond donors (Lipinski definition) is 1. The van der Waals surface area contributed by atoms with Gasteiger partial charge in [0.05, 0.1) is 6.10 Å². The van der Waals surface area contributed by atoms with E-state index in [1.165, 1.54) is 0 Å². The normalized spacial score (nSPS) is 42.0. The Hall–Kier alpha value is 0.310. The summed E-state index contributed by atoms with van der Waals surface area (Å²) in [5.74, 6) is 0.946. The lowest BCUT2D eigenvalue weighted by Gasteiger charge is -1.94. The largest absolute Gasteiger partial charge is 0.392 e. The van der Waals surface area contributed by atoms with Crippen molar-refractivity contribution >= 4 is 11.8 Å². The van der Waals surface area contributed by atoms with Crippen LogP contribution in [0.15, 0.2) is 0 Å². The minimum Gasteiger partial charge on any atom is -0.392 e. The summed E-state index contributed by atoms with van der Waals surface area (Å²) < 4.78 is 0. The molecule has 0 aromatic carbocycles. The highest BCUT2D eigenvalue weighted by Gasteiger charge is 2.18. The topological polar surface area (TPSA) is 20.2 Å². The third kappa shape index (κ3) is 1.35. The highest BCUT2D eigenvalue weighted by atomic mass is 32.2. The lowest BCUT2D eigenvalue weighted by Crippen LogP contribution is -2.03. The molecule has 0 saturated carbocycles. The molecule has 1 fully saturated rings. The first-order chi connectivity index (χ1) is 3.29.